The molecule has 10 nitrogen and oxygen atoms in total. The van der Waals surface area contributed by atoms with E-state index in [0.717, 1.165) is 37.0 Å². The second-order valence-electron chi connectivity index (χ2n) is 8.00. The number of carboxylic acid groups (broad SMARTS) is 1. The van der Waals surface area contributed by atoms with Gasteiger partial charge in [0.1, 0.15) is 11.8 Å². The van der Waals surface area contributed by atoms with E-state index in [1.165, 1.54) is 6.07 Å². The first-order valence-corrected chi connectivity index (χ1v) is 11.2. The minimum absolute atomic E-state index is 0.0138. The van der Waals surface area contributed by atoms with E-state index in [1.54, 1.807) is 12.1 Å². The summed E-state index contributed by atoms with van der Waals surface area (Å²) in [6.45, 7) is 1.15. The average Bonchev–Trinajstić information content (AvgIpc) is 3.03. The van der Waals surface area contributed by atoms with Crippen LogP contribution in [0, 0.1) is 0 Å². The molecular weight excluding hydrogens is 432 g/mol. The van der Waals surface area contributed by atoms with Crippen molar-refractivity contribution in [3.63, 3.8) is 0 Å². The molecule has 2 aliphatic rings. The van der Waals surface area contributed by atoms with Crippen LogP contribution in [0.5, 0.6) is 5.75 Å². The first-order chi connectivity index (χ1) is 15.9. The SMILES string of the molecule is O=C(O)CCOCCCCCCCOc1cccc2c1C(=O)N(C1CCC(=O)NC1=O)C2=O. The lowest BCUT2D eigenvalue weighted by atomic mass is 10.0. The molecule has 3 rings (SSSR count). The smallest absolute Gasteiger partial charge is 0.305 e. The van der Waals surface area contributed by atoms with Crippen molar-refractivity contribution in [1.29, 1.82) is 0 Å². The highest BCUT2D eigenvalue weighted by Gasteiger charge is 2.45. The molecule has 4 amide bonds. The van der Waals surface area contributed by atoms with Gasteiger partial charge in [0.25, 0.3) is 11.8 Å². The van der Waals surface area contributed by atoms with Crippen LogP contribution in [0.15, 0.2) is 18.2 Å². The molecule has 0 aliphatic carbocycles. The number of hydrogen-bond donors (Lipinski definition) is 2. The van der Waals surface area contributed by atoms with E-state index in [0.29, 0.717) is 19.0 Å². The molecule has 1 aromatic rings. The Labute approximate surface area is 191 Å². The molecule has 1 fully saturated rings. The summed E-state index contributed by atoms with van der Waals surface area (Å²) in [6, 6.07) is 3.80. The molecule has 1 unspecified atom stereocenters. The predicted octanol–water partition coefficient (Wildman–Crippen LogP) is 1.91. The summed E-state index contributed by atoms with van der Waals surface area (Å²) in [6.07, 6.45) is 4.67. The van der Waals surface area contributed by atoms with Gasteiger partial charge in [-0.2, -0.15) is 0 Å². The summed E-state index contributed by atoms with van der Waals surface area (Å²) in [5.41, 5.74) is 0.357. The topological polar surface area (TPSA) is 139 Å². The molecule has 2 heterocycles. The Hall–Kier alpha value is -3.27. The fourth-order valence-corrected chi connectivity index (χ4v) is 3.88. The normalized spacial score (nSPS) is 17.8. The van der Waals surface area contributed by atoms with Crippen molar-refractivity contribution in [2.45, 2.75) is 57.4 Å². The van der Waals surface area contributed by atoms with Crippen molar-refractivity contribution >= 4 is 29.6 Å². The lowest BCUT2D eigenvalue weighted by Gasteiger charge is -2.27. The molecule has 1 saturated heterocycles. The molecule has 178 valence electrons. The van der Waals surface area contributed by atoms with E-state index in [-0.39, 0.29) is 37.0 Å². The molecule has 2 aliphatic heterocycles. The third-order valence-electron chi connectivity index (χ3n) is 5.58. The maximum absolute atomic E-state index is 13.0. The van der Waals surface area contributed by atoms with Gasteiger partial charge in [-0.1, -0.05) is 25.3 Å². The summed E-state index contributed by atoms with van der Waals surface area (Å²) < 4.78 is 11.0. The number of aliphatic carboxylic acids is 1. The van der Waals surface area contributed by atoms with Crippen molar-refractivity contribution in [1.82, 2.24) is 10.2 Å². The number of nitrogens with one attached hydrogen (secondary N) is 1. The minimum Gasteiger partial charge on any atom is -0.493 e. The van der Waals surface area contributed by atoms with Crippen molar-refractivity contribution in [2.24, 2.45) is 0 Å². The Kier molecular flexibility index (Phi) is 8.53. The number of benzene rings is 1. The highest BCUT2D eigenvalue weighted by atomic mass is 16.5. The van der Waals surface area contributed by atoms with Crippen LogP contribution >= 0.6 is 0 Å². The maximum atomic E-state index is 13.0. The summed E-state index contributed by atoms with van der Waals surface area (Å²) in [7, 11) is 0. The fraction of sp³-hybridized carbons (Fsp3) is 0.522. The Morgan fingerprint density at radius 3 is 2.45 bits per heavy atom. The van der Waals surface area contributed by atoms with Crippen LogP contribution in [-0.2, 0) is 19.1 Å². The number of carboxylic acids is 1. The summed E-state index contributed by atoms with van der Waals surface area (Å²) in [4.78, 5) is 60.7. The van der Waals surface area contributed by atoms with Crippen molar-refractivity contribution in [2.75, 3.05) is 19.8 Å². The fourth-order valence-electron chi connectivity index (χ4n) is 3.88. The summed E-state index contributed by atoms with van der Waals surface area (Å²) in [5.74, 6) is -2.75. The number of imide groups is 2. The Bertz CT molecular complexity index is 929. The van der Waals surface area contributed by atoms with Gasteiger partial charge in [-0.15, -0.1) is 0 Å². The number of nitrogens with zero attached hydrogens (tertiary/aromatic N) is 1. The van der Waals surface area contributed by atoms with Gasteiger partial charge in [-0.25, -0.2) is 0 Å². The number of amides is 4. The third-order valence-corrected chi connectivity index (χ3v) is 5.58. The van der Waals surface area contributed by atoms with Crippen LogP contribution in [0.25, 0.3) is 0 Å². The predicted molar refractivity (Wildman–Crippen MR) is 115 cm³/mol. The highest BCUT2D eigenvalue weighted by Crippen LogP contribution is 2.33. The quantitative estimate of drug-likeness (QED) is 0.336. The lowest BCUT2D eigenvalue weighted by Crippen LogP contribution is -2.54. The molecule has 1 atom stereocenters. The highest BCUT2D eigenvalue weighted by molar-refractivity contribution is 6.24. The monoisotopic (exact) mass is 460 g/mol. The number of fused-ring (bicyclic) bond motifs is 1. The summed E-state index contributed by atoms with van der Waals surface area (Å²) >= 11 is 0. The number of rotatable bonds is 13. The number of piperidine rings is 1. The average molecular weight is 460 g/mol. The van der Waals surface area contributed by atoms with E-state index in [2.05, 4.69) is 5.32 Å². The second kappa shape index (κ2) is 11.6. The van der Waals surface area contributed by atoms with E-state index >= 15 is 0 Å². The zero-order valence-electron chi connectivity index (χ0n) is 18.3. The van der Waals surface area contributed by atoms with E-state index in [4.69, 9.17) is 14.6 Å². The van der Waals surface area contributed by atoms with Gasteiger partial charge in [-0.05, 0) is 31.4 Å². The van der Waals surface area contributed by atoms with Crippen LogP contribution in [-0.4, -0.2) is 65.5 Å². The number of carbonyl (C=O) groups excluding carboxylic acids is 4. The van der Waals surface area contributed by atoms with Crippen molar-refractivity contribution in [3.05, 3.63) is 29.3 Å². The van der Waals surface area contributed by atoms with Crippen LogP contribution in [0.1, 0.15) is 72.1 Å². The number of unbranched alkanes of at least 4 members (excludes halogenated alkanes) is 4. The molecule has 0 bridgehead atoms. The first kappa shape index (κ1) is 24.4. The van der Waals surface area contributed by atoms with Crippen molar-refractivity contribution < 1.29 is 38.6 Å². The maximum Gasteiger partial charge on any atom is 0.305 e. The Morgan fingerprint density at radius 2 is 1.73 bits per heavy atom. The molecule has 10 heteroatoms. The zero-order chi connectivity index (χ0) is 23.8. The van der Waals surface area contributed by atoms with E-state index < -0.39 is 35.6 Å². The molecule has 0 radical (unpaired) electrons. The van der Waals surface area contributed by atoms with Gasteiger partial charge in [0.2, 0.25) is 11.8 Å². The van der Waals surface area contributed by atoms with Crippen LogP contribution < -0.4 is 10.1 Å². The standard InChI is InChI=1S/C23H28N2O8/c26-18-10-9-16(21(29)24-18)25-22(30)15-7-6-8-17(20(15)23(25)31)33-13-5-3-1-2-4-12-32-14-11-19(27)28/h6-8,16H,1-5,9-14H2,(H,27,28)(H,24,26,29). The van der Waals surface area contributed by atoms with Gasteiger partial charge >= 0.3 is 5.97 Å². The second-order valence-corrected chi connectivity index (χ2v) is 8.00. The molecule has 33 heavy (non-hydrogen) atoms. The first-order valence-electron chi connectivity index (χ1n) is 11.2. The zero-order valence-corrected chi connectivity index (χ0v) is 18.3. The van der Waals surface area contributed by atoms with Gasteiger partial charge in [-0.3, -0.25) is 34.2 Å². The molecule has 0 aromatic heterocycles. The van der Waals surface area contributed by atoms with Crippen LogP contribution in [0.2, 0.25) is 0 Å². The molecule has 2 N–H and O–H groups in total. The molecule has 1 aromatic carbocycles. The lowest BCUT2D eigenvalue weighted by molar-refractivity contribution is -0.138. The molecular formula is C23H28N2O8. The van der Waals surface area contributed by atoms with Crippen LogP contribution in [0.4, 0.5) is 0 Å². The van der Waals surface area contributed by atoms with E-state index in [9.17, 15) is 24.0 Å². The number of ether oxygens (including phenoxy) is 2. The Balaban J connectivity index is 1.44. The van der Waals surface area contributed by atoms with Gasteiger partial charge < -0.3 is 14.6 Å². The number of hydrogen-bond acceptors (Lipinski definition) is 7. The van der Waals surface area contributed by atoms with Gasteiger partial charge in [0.05, 0.1) is 30.8 Å². The van der Waals surface area contributed by atoms with Crippen molar-refractivity contribution in [3.8, 4) is 5.75 Å². The largest absolute Gasteiger partial charge is 0.493 e. The third kappa shape index (κ3) is 6.16. The van der Waals surface area contributed by atoms with Gasteiger partial charge in [0.15, 0.2) is 0 Å². The van der Waals surface area contributed by atoms with Gasteiger partial charge in [0, 0.05) is 13.0 Å². The minimum atomic E-state index is -1.00. The number of carbonyl (C=O) groups is 5. The van der Waals surface area contributed by atoms with Crippen LogP contribution in [0.3, 0.4) is 0 Å². The Morgan fingerprint density at radius 1 is 1.00 bits per heavy atom. The van der Waals surface area contributed by atoms with E-state index in [1.807, 2.05) is 0 Å². The summed E-state index contributed by atoms with van der Waals surface area (Å²) in [5, 5.41) is 10.7. The molecule has 0 spiro atoms. The molecule has 0 saturated carbocycles.